The Morgan fingerprint density at radius 3 is 2.55 bits per heavy atom. The van der Waals surface area contributed by atoms with Crippen LogP contribution in [0.2, 0.25) is 0 Å². The molecule has 0 unspecified atom stereocenters. The molecule has 0 aliphatic carbocycles. The van der Waals surface area contributed by atoms with Gasteiger partial charge in [-0.25, -0.2) is 9.59 Å². The van der Waals surface area contributed by atoms with Crippen LogP contribution in [0.15, 0.2) is 65.2 Å². The van der Waals surface area contributed by atoms with E-state index in [2.05, 4.69) is 4.98 Å². The number of aromatic nitrogens is 2. The number of rotatable bonds is 9. The van der Waals surface area contributed by atoms with E-state index in [9.17, 15) is 14.4 Å². The zero-order valence-corrected chi connectivity index (χ0v) is 22.6. The Labute approximate surface area is 232 Å². The maximum absolute atomic E-state index is 13.6. The van der Waals surface area contributed by atoms with Gasteiger partial charge in [0.1, 0.15) is 0 Å². The number of para-hydroxylation sites is 2. The number of H-pyrrole nitrogens is 1. The molecule has 1 aromatic heterocycles. The number of hydrogen-bond acceptors (Lipinski definition) is 7. The second kappa shape index (κ2) is 12.5. The Kier molecular flexibility index (Phi) is 8.66. The molecule has 2 atom stereocenters. The van der Waals surface area contributed by atoms with Crippen molar-refractivity contribution in [1.82, 2.24) is 14.5 Å². The van der Waals surface area contributed by atoms with Gasteiger partial charge in [0.25, 0.3) is 5.91 Å². The molecule has 3 aromatic rings. The van der Waals surface area contributed by atoms with Gasteiger partial charge in [0.2, 0.25) is 6.29 Å². The smallest absolute Gasteiger partial charge is 0.337 e. The number of aliphatic hydroxyl groups is 1. The van der Waals surface area contributed by atoms with E-state index in [0.717, 1.165) is 16.6 Å². The van der Waals surface area contributed by atoms with Crippen LogP contribution in [0.1, 0.15) is 60.0 Å². The molecule has 0 saturated carbocycles. The minimum absolute atomic E-state index is 0.00219. The molecule has 1 saturated heterocycles. The van der Waals surface area contributed by atoms with Gasteiger partial charge >= 0.3 is 11.7 Å². The van der Waals surface area contributed by atoms with Gasteiger partial charge in [0.05, 0.1) is 30.3 Å². The number of esters is 1. The summed E-state index contributed by atoms with van der Waals surface area (Å²) in [4.78, 5) is 42.8. The zero-order valence-electron chi connectivity index (χ0n) is 22.6. The summed E-state index contributed by atoms with van der Waals surface area (Å²) < 4.78 is 18.6. The van der Waals surface area contributed by atoms with Crippen LogP contribution in [0, 0.1) is 0 Å². The van der Waals surface area contributed by atoms with Gasteiger partial charge in [-0.15, -0.1) is 0 Å². The monoisotopic (exact) mass is 549 g/mol. The minimum Gasteiger partial charge on any atom is -0.465 e. The molecule has 2 N–H and O–H groups in total. The van der Waals surface area contributed by atoms with E-state index in [4.69, 9.17) is 19.3 Å². The van der Waals surface area contributed by atoms with Crippen molar-refractivity contribution in [3.8, 4) is 0 Å². The molecule has 0 spiro atoms. The van der Waals surface area contributed by atoms with E-state index in [-0.39, 0.29) is 35.9 Å². The maximum Gasteiger partial charge on any atom is 0.337 e. The number of carbonyl (C=O) groups excluding carboxylic acids is 2. The second-order valence-corrected chi connectivity index (χ2v) is 10.2. The number of nitrogens with zero attached hydrogens (tertiary/aromatic N) is 2. The van der Waals surface area contributed by atoms with E-state index in [1.54, 1.807) is 21.6 Å². The Hall–Kier alpha value is -3.89. The van der Waals surface area contributed by atoms with Crippen molar-refractivity contribution in [3.63, 3.8) is 0 Å². The Balaban J connectivity index is 1.30. The highest BCUT2D eigenvalue weighted by molar-refractivity contribution is 5.92. The first kappa shape index (κ1) is 27.7. The van der Waals surface area contributed by atoms with E-state index in [0.29, 0.717) is 57.4 Å². The fourth-order valence-corrected chi connectivity index (χ4v) is 5.48. The van der Waals surface area contributed by atoms with Crippen molar-refractivity contribution >= 4 is 22.9 Å². The first-order chi connectivity index (χ1) is 19.5. The molecule has 40 heavy (non-hydrogen) atoms. The Morgan fingerprint density at radius 1 is 1.07 bits per heavy atom. The summed E-state index contributed by atoms with van der Waals surface area (Å²) in [6.45, 7) is 1.49. The number of allylic oxidation sites excluding steroid dienone is 1. The molecular formula is C30H35N3O7. The molecule has 1 amide bonds. The van der Waals surface area contributed by atoms with E-state index < -0.39 is 12.3 Å². The quantitative estimate of drug-likeness (QED) is 0.309. The Morgan fingerprint density at radius 2 is 1.82 bits per heavy atom. The van der Waals surface area contributed by atoms with Crippen molar-refractivity contribution in [1.29, 1.82) is 0 Å². The first-order valence-electron chi connectivity index (χ1n) is 13.8. The zero-order chi connectivity index (χ0) is 28.1. The molecule has 5 rings (SSSR count). The molecule has 212 valence electrons. The maximum atomic E-state index is 13.6. The van der Waals surface area contributed by atoms with Crippen LogP contribution in [-0.2, 0) is 19.0 Å². The molecule has 10 nitrogen and oxygen atoms in total. The number of piperidine rings is 1. The number of imidazole rings is 1. The third kappa shape index (κ3) is 5.97. The number of amides is 1. The van der Waals surface area contributed by atoms with Crippen molar-refractivity contribution in [3.05, 3.63) is 82.0 Å². The number of carbonyl (C=O) groups is 2. The molecule has 0 radical (unpaired) electrons. The van der Waals surface area contributed by atoms with Gasteiger partial charge in [-0.1, -0.05) is 24.3 Å². The van der Waals surface area contributed by atoms with Crippen LogP contribution in [0.3, 0.4) is 0 Å². The number of likely N-dealkylation sites (tertiary alicyclic amines) is 1. The summed E-state index contributed by atoms with van der Waals surface area (Å²) in [6, 6.07) is 14.8. The number of hydrogen-bond donors (Lipinski definition) is 2. The highest BCUT2D eigenvalue weighted by atomic mass is 16.7. The Bertz CT molecular complexity index is 1420. The van der Waals surface area contributed by atoms with Crippen molar-refractivity contribution in [2.45, 2.75) is 50.4 Å². The van der Waals surface area contributed by atoms with Crippen LogP contribution >= 0.6 is 0 Å². The summed E-state index contributed by atoms with van der Waals surface area (Å²) in [5.41, 5.74) is 2.93. The number of benzene rings is 2. The number of aliphatic hydroxyl groups excluding tert-OH is 1. The van der Waals surface area contributed by atoms with Gasteiger partial charge in [-0.05, 0) is 61.6 Å². The number of nitrogens with one attached hydrogen (secondary N) is 1. The SMILES string of the molecule is COC(=O)c1ccc([C@H]2C=C(C(=O)N3CCC(n4c(=O)[nH]c5ccccc54)CC3)O[C@@H](OCCCCO)C2)cc1. The highest BCUT2D eigenvalue weighted by Gasteiger charge is 2.33. The van der Waals surface area contributed by atoms with Crippen LogP contribution < -0.4 is 5.69 Å². The summed E-state index contributed by atoms with van der Waals surface area (Å²) in [5.74, 6) is -0.523. The van der Waals surface area contributed by atoms with Crippen LogP contribution in [0.25, 0.3) is 11.0 Å². The molecular weight excluding hydrogens is 514 g/mol. The normalized spacial score (nSPS) is 19.8. The summed E-state index contributed by atoms with van der Waals surface area (Å²) in [7, 11) is 1.34. The van der Waals surface area contributed by atoms with Crippen molar-refractivity contribution in [2.24, 2.45) is 0 Å². The van der Waals surface area contributed by atoms with Gasteiger partial charge < -0.3 is 29.2 Å². The molecule has 2 aromatic carbocycles. The van der Waals surface area contributed by atoms with E-state index >= 15 is 0 Å². The number of methoxy groups -OCH3 is 1. The van der Waals surface area contributed by atoms with E-state index in [1.807, 2.05) is 42.5 Å². The molecule has 10 heteroatoms. The number of unbranched alkanes of at least 4 members (excludes halogenated alkanes) is 1. The first-order valence-corrected chi connectivity index (χ1v) is 13.8. The predicted molar refractivity (Wildman–Crippen MR) is 148 cm³/mol. The van der Waals surface area contributed by atoms with Crippen LogP contribution in [0.4, 0.5) is 0 Å². The summed E-state index contributed by atoms with van der Waals surface area (Å²) in [5, 5.41) is 9.08. The minimum atomic E-state index is -0.615. The molecule has 0 bridgehead atoms. The summed E-state index contributed by atoms with van der Waals surface area (Å²) in [6.07, 6.45) is 4.35. The largest absolute Gasteiger partial charge is 0.465 e. The topological polar surface area (TPSA) is 123 Å². The van der Waals surface area contributed by atoms with Gasteiger partial charge in [0.15, 0.2) is 5.76 Å². The van der Waals surface area contributed by atoms with Gasteiger partial charge in [0, 0.05) is 38.1 Å². The lowest BCUT2D eigenvalue weighted by molar-refractivity contribution is -0.153. The highest BCUT2D eigenvalue weighted by Crippen LogP contribution is 2.33. The lowest BCUT2D eigenvalue weighted by atomic mass is 9.92. The van der Waals surface area contributed by atoms with Crippen molar-refractivity contribution < 1.29 is 28.9 Å². The molecule has 2 aliphatic heterocycles. The standard InChI is InChI=1S/C30H35N3O7/c1-38-29(36)21-10-8-20(9-11-21)22-18-26(40-27(19-22)39-17-5-4-16-34)28(35)32-14-12-23(13-15-32)33-25-7-3-2-6-24(25)31-30(33)37/h2-3,6-11,18,22-23,27,34H,4-5,12-17,19H2,1H3,(H,31,37)/t22-,27+/m0/s1. The average Bonchev–Trinajstić information content (AvgIpc) is 3.34. The lowest BCUT2D eigenvalue weighted by Gasteiger charge is -2.35. The summed E-state index contributed by atoms with van der Waals surface area (Å²) >= 11 is 0. The fourth-order valence-electron chi connectivity index (χ4n) is 5.48. The number of aromatic amines is 1. The van der Waals surface area contributed by atoms with Gasteiger partial charge in [-0.2, -0.15) is 0 Å². The second-order valence-electron chi connectivity index (χ2n) is 10.2. The third-order valence-corrected chi connectivity index (χ3v) is 7.63. The number of fused-ring (bicyclic) bond motifs is 1. The van der Waals surface area contributed by atoms with E-state index in [1.165, 1.54) is 7.11 Å². The molecule has 2 aliphatic rings. The van der Waals surface area contributed by atoms with Crippen molar-refractivity contribution in [2.75, 3.05) is 33.4 Å². The van der Waals surface area contributed by atoms with Crippen LogP contribution in [-0.4, -0.2) is 71.1 Å². The lowest BCUT2D eigenvalue weighted by Crippen LogP contribution is -2.42. The average molecular weight is 550 g/mol. The van der Waals surface area contributed by atoms with Gasteiger partial charge in [-0.3, -0.25) is 9.36 Å². The fraction of sp³-hybridized carbons (Fsp3) is 0.433. The molecule has 1 fully saturated rings. The van der Waals surface area contributed by atoms with Crippen LogP contribution in [0.5, 0.6) is 0 Å². The number of ether oxygens (including phenoxy) is 3. The predicted octanol–water partition coefficient (Wildman–Crippen LogP) is 3.48. The molecule has 3 heterocycles. The third-order valence-electron chi connectivity index (χ3n) is 7.63.